The zero-order chi connectivity index (χ0) is 16.7. The second-order valence-corrected chi connectivity index (χ2v) is 7.85. The predicted octanol–water partition coefficient (Wildman–Crippen LogP) is -1.74. The number of hydrogen-bond acceptors (Lipinski definition) is 5. The molecule has 17 heteroatoms. The highest BCUT2D eigenvalue weighted by atomic mass is 31.2. The summed E-state index contributed by atoms with van der Waals surface area (Å²) in [4.78, 5) is 61.5. The van der Waals surface area contributed by atoms with E-state index in [0.717, 1.165) is 0 Å². The highest BCUT2D eigenvalue weighted by molar-refractivity contribution is 7.71. The molecule has 0 aliphatic heterocycles. The molecule has 0 rings (SSSR count). The summed E-state index contributed by atoms with van der Waals surface area (Å²) in [6.45, 7) is 0.383. The second kappa shape index (κ2) is 9.28. The third-order valence-corrected chi connectivity index (χ3v) is 4.87. The van der Waals surface area contributed by atoms with Crippen LogP contribution in [-0.2, 0) is 18.3 Å². The molecule has 0 saturated heterocycles. The third kappa shape index (κ3) is 14.5. The van der Waals surface area contributed by atoms with E-state index in [4.69, 9.17) is 53.4 Å². The Morgan fingerprint density at radius 2 is 0.895 bits per heavy atom. The van der Waals surface area contributed by atoms with Gasteiger partial charge in [0.05, 0.1) is 0 Å². The highest BCUT2D eigenvalue weighted by Crippen LogP contribution is 2.66. The van der Waals surface area contributed by atoms with Crippen LogP contribution in [0.1, 0.15) is 6.92 Å². The molecule has 9 N–H and O–H groups in total. The first-order valence-corrected chi connectivity index (χ1v) is 9.06. The molecule has 0 fully saturated rings. The van der Waals surface area contributed by atoms with E-state index < -0.39 is 36.8 Å². The standard InChI is InChI=1S/C2H8O7P2.2HO3P/c1-2(3,10(4,5)6)11(7,8)9;2*1-4(2)3/h3H,1H3,(H2,4,5,6)(H2,7,8,9);2*(H-,1,2,3)/p+2. The Hall–Kier alpha value is 0.300. The minimum Gasteiger partial charge on any atom is -0.368 e. The molecular formula is C2H12O13P4+2. The van der Waals surface area contributed by atoms with Crippen LogP contribution in [0.4, 0.5) is 0 Å². The van der Waals surface area contributed by atoms with Crippen LogP contribution in [0.15, 0.2) is 0 Å². The van der Waals surface area contributed by atoms with E-state index in [2.05, 4.69) is 0 Å². The van der Waals surface area contributed by atoms with Crippen LogP contribution in [-0.4, -0.2) is 49.3 Å². The fourth-order valence-corrected chi connectivity index (χ4v) is 1.53. The Kier molecular flexibility index (Phi) is 11.9. The fourth-order valence-electron chi connectivity index (χ4n) is 0.170. The largest absolute Gasteiger partial charge is 0.692 e. The number of hydrogen-bond donors (Lipinski definition) is 9. The van der Waals surface area contributed by atoms with E-state index in [9.17, 15) is 9.13 Å². The minimum atomic E-state index is -5.20. The maximum absolute atomic E-state index is 10.3. The molecule has 0 bridgehead atoms. The summed E-state index contributed by atoms with van der Waals surface area (Å²) in [6, 6.07) is 0. The average molecular weight is 368 g/mol. The van der Waals surface area contributed by atoms with Gasteiger partial charge in [-0.25, -0.2) is 0 Å². The van der Waals surface area contributed by atoms with Crippen LogP contribution < -0.4 is 0 Å². The second-order valence-electron chi connectivity index (χ2n) is 2.56. The molecule has 19 heavy (non-hydrogen) atoms. The lowest BCUT2D eigenvalue weighted by molar-refractivity contribution is 0.146. The first-order chi connectivity index (χ1) is 7.96. The highest BCUT2D eigenvalue weighted by Gasteiger charge is 2.55. The topological polar surface area (TPSA) is 250 Å². The summed E-state index contributed by atoms with van der Waals surface area (Å²) >= 11 is 0. The minimum absolute atomic E-state index is 0.383. The molecule has 0 heterocycles. The molecule has 0 radical (unpaired) electrons. The molecule has 0 atom stereocenters. The molecule has 13 nitrogen and oxygen atoms in total. The maximum Gasteiger partial charge on any atom is 0.692 e. The van der Waals surface area contributed by atoms with Crippen LogP contribution in [0.3, 0.4) is 0 Å². The summed E-state index contributed by atoms with van der Waals surface area (Å²) in [6.07, 6.45) is 0. The van der Waals surface area contributed by atoms with Crippen LogP contribution in [0, 0.1) is 0 Å². The van der Waals surface area contributed by atoms with Gasteiger partial charge in [-0.05, 0) is 6.92 Å². The van der Waals surface area contributed by atoms with Crippen LogP contribution in [0.5, 0.6) is 0 Å². The van der Waals surface area contributed by atoms with Gasteiger partial charge >= 0.3 is 31.7 Å². The van der Waals surface area contributed by atoms with Crippen molar-refractivity contribution in [2.75, 3.05) is 0 Å². The monoisotopic (exact) mass is 368 g/mol. The normalized spacial score (nSPS) is 11.5. The van der Waals surface area contributed by atoms with E-state index >= 15 is 0 Å². The number of aliphatic hydroxyl groups is 1. The van der Waals surface area contributed by atoms with Gasteiger partial charge in [0.1, 0.15) is 0 Å². The summed E-state index contributed by atoms with van der Waals surface area (Å²) in [5.74, 6) is 0. The zero-order valence-electron chi connectivity index (χ0n) is 8.95. The molecule has 0 unspecified atom stereocenters. The molecule has 0 amide bonds. The van der Waals surface area contributed by atoms with Crippen LogP contribution in [0.2, 0.25) is 0 Å². The quantitative estimate of drug-likeness (QED) is 0.246. The molecule has 0 spiro atoms. The summed E-state index contributed by atoms with van der Waals surface area (Å²) in [7, 11) is -16.1. The Bertz CT molecular complexity index is 341. The van der Waals surface area contributed by atoms with E-state index in [1.54, 1.807) is 0 Å². The Morgan fingerprint density at radius 3 is 0.895 bits per heavy atom. The van der Waals surface area contributed by atoms with Gasteiger partial charge in [0.2, 0.25) is 0 Å². The van der Waals surface area contributed by atoms with Gasteiger partial charge in [0.15, 0.2) is 0 Å². The molecule has 0 aromatic heterocycles. The summed E-state index contributed by atoms with van der Waals surface area (Å²) in [5.41, 5.74) is 0. The lowest BCUT2D eigenvalue weighted by Crippen LogP contribution is -2.23. The molecule has 0 aliphatic carbocycles. The van der Waals surface area contributed by atoms with Crippen LogP contribution in [0.25, 0.3) is 0 Å². The number of rotatable bonds is 2. The van der Waals surface area contributed by atoms with Crippen molar-refractivity contribution in [2.24, 2.45) is 0 Å². The summed E-state index contributed by atoms with van der Waals surface area (Å²) < 4.78 is 37.9. The van der Waals surface area contributed by atoms with Gasteiger partial charge in [-0.3, -0.25) is 9.13 Å². The van der Waals surface area contributed by atoms with E-state index in [0.29, 0.717) is 6.92 Å². The van der Waals surface area contributed by atoms with Crippen LogP contribution >= 0.6 is 31.7 Å². The van der Waals surface area contributed by atoms with Gasteiger partial charge in [-0.15, -0.1) is 19.6 Å². The van der Waals surface area contributed by atoms with Crippen molar-refractivity contribution in [3.05, 3.63) is 0 Å². The van der Waals surface area contributed by atoms with Crippen molar-refractivity contribution in [1.29, 1.82) is 0 Å². The molecule has 0 aromatic carbocycles. The van der Waals surface area contributed by atoms with Crippen molar-refractivity contribution >= 4 is 31.7 Å². The van der Waals surface area contributed by atoms with Crippen molar-refractivity contribution < 1.29 is 62.5 Å². The SMILES string of the molecule is CC(O)(P(=O)(O)O)P(=O)(O)O.O=[P+](O)O.O=[P+](O)O. The lowest BCUT2D eigenvalue weighted by Gasteiger charge is -2.24. The van der Waals surface area contributed by atoms with Crippen molar-refractivity contribution in [2.45, 2.75) is 12.0 Å². The van der Waals surface area contributed by atoms with E-state index in [-0.39, 0.29) is 0 Å². The molecule has 0 saturated carbocycles. The first-order valence-electron chi connectivity index (χ1n) is 3.50. The first kappa shape index (κ1) is 24.3. The smallest absolute Gasteiger partial charge is 0.368 e. The van der Waals surface area contributed by atoms with Crippen molar-refractivity contribution in [1.82, 2.24) is 0 Å². The zero-order valence-corrected chi connectivity index (χ0v) is 12.5. The van der Waals surface area contributed by atoms with Gasteiger partial charge in [-0.1, -0.05) is 0 Å². The maximum atomic E-state index is 10.3. The lowest BCUT2D eigenvalue weighted by atomic mass is 10.9. The van der Waals surface area contributed by atoms with Crippen molar-refractivity contribution in [3.8, 4) is 0 Å². The fraction of sp³-hybridized carbons (Fsp3) is 1.00. The Labute approximate surface area is 107 Å². The van der Waals surface area contributed by atoms with Gasteiger partial charge in [0.25, 0.3) is 5.08 Å². The Balaban J connectivity index is -0.000000264. The van der Waals surface area contributed by atoms with Crippen molar-refractivity contribution in [3.63, 3.8) is 0 Å². The van der Waals surface area contributed by atoms with Gasteiger partial charge in [0, 0.05) is 9.13 Å². The average Bonchev–Trinajstić information content (AvgIpc) is 1.96. The molecular weight excluding hydrogens is 356 g/mol. The molecule has 116 valence electrons. The molecule has 0 aliphatic rings. The van der Waals surface area contributed by atoms with Gasteiger partial charge in [-0.2, -0.15) is 0 Å². The van der Waals surface area contributed by atoms with E-state index in [1.165, 1.54) is 0 Å². The predicted molar refractivity (Wildman–Crippen MR) is 58.8 cm³/mol. The van der Waals surface area contributed by atoms with Gasteiger partial charge < -0.3 is 24.7 Å². The van der Waals surface area contributed by atoms with E-state index in [1.807, 2.05) is 0 Å². The molecule has 0 aromatic rings. The Morgan fingerprint density at radius 1 is 0.789 bits per heavy atom. The third-order valence-electron chi connectivity index (χ3n) is 1.10. The summed E-state index contributed by atoms with van der Waals surface area (Å²) in [5, 5.41) is 5.37.